The van der Waals surface area contributed by atoms with Gasteiger partial charge in [-0.1, -0.05) is 18.2 Å². The Balaban J connectivity index is 2.58. The predicted molar refractivity (Wildman–Crippen MR) is 52.6 cm³/mol. The van der Waals surface area contributed by atoms with Crippen molar-refractivity contribution < 1.29 is 13.2 Å². The number of rotatable bonds is 1. The summed E-state index contributed by atoms with van der Waals surface area (Å²) in [7, 11) is 0. The second-order valence-corrected chi connectivity index (χ2v) is 3.64. The van der Waals surface area contributed by atoms with Crippen LogP contribution < -0.4 is 0 Å². The number of aromatic nitrogens is 1. The van der Waals surface area contributed by atoms with Gasteiger partial charge in [0.15, 0.2) is 0 Å². The zero-order valence-electron chi connectivity index (χ0n) is 7.45. The van der Waals surface area contributed by atoms with Gasteiger partial charge >= 0.3 is 6.18 Å². The molecule has 15 heavy (non-hydrogen) atoms. The van der Waals surface area contributed by atoms with Crippen LogP contribution in [0.3, 0.4) is 0 Å². The van der Waals surface area contributed by atoms with Crippen molar-refractivity contribution >= 4 is 11.3 Å². The highest BCUT2D eigenvalue weighted by molar-refractivity contribution is 7.07. The maximum absolute atomic E-state index is 12.6. The van der Waals surface area contributed by atoms with Gasteiger partial charge in [-0.25, -0.2) is 4.98 Å². The van der Waals surface area contributed by atoms with E-state index < -0.39 is 11.7 Å². The zero-order chi connectivity index (χ0) is 10.9. The molecule has 78 valence electrons. The van der Waals surface area contributed by atoms with Crippen molar-refractivity contribution in [3.63, 3.8) is 0 Å². The van der Waals surface area contributed by atoms with E-state index in [1.54, 1.807) is 11.4 Å². The fourth-order valence-electron chi connectivity index (χ4n) is 1.30. The summed E-state index contributed by atoms with van der Waals surface area (Å²) in [4.78, 5) is 3.88. The molecule has 2 rings (SSSR count). The van der Waals surface area contributed by atoms with Crippen LogP contribution in [0.4, 0.5) is 13.2 Å². The van der Waals surface area contributed by atoms with Gasteiger partial charge < -0.3 is 0 Å². The van der Waals surface area contributed by atoms with E-state index in [0.717, 1.165) is 6.07 Å². The lowest BCUT2D eigenvalue weighted by molar-refractivity contribution is -0.137. The Bertz CT molecular complexity index is 448. The largest absolute Gasteiger partial charge is 0.417 e. The highest BCUT2D eigenvalue weighted by atomic mass is 32.1. The summed E-state index contributed by atoms with van der Waals surface area (Å²) in [5, 5.41) is 1.60. The van der Waals surface area contributed by atoms with Gasteiger partial charge in [0.2, 0.25) is 0 Å². The minimum atomic E-state index is -4.33. The Hall–Kier alpha value is -1.36. The molecule has 0 fully saturated rings. The third kappa shape index (κ3) is 2.02. The second-order valence-electron chi connectivity index (χ2n) is 2.92. The van der Waals surface area contributed by atoms with Crippen LogP contribution in [0.25, 0.3) is 11.3 Å². The average molecular weight is 229 g/mol. The number of benzene rings is 1. The van der Waals surface area contributed by atoms with E-state index in [0.29, 0.717) is 5.69 Å². The quantitative estimate of drug-likeness (QED) is 0.724. The molecule has 0 saturated carbocycles. The molecular formula is C10H6F3NS. The van der Waals surface area contributed by atoms with E-state index in [2.05, 4.69) is 4.98 Å². The highest BCUT2D eigenvalue weighted by Crippen LogP contribution is 2.36. The first-order valence-corrected chi connectivity index (χ1v) is 5.08. The number of hydrogen-bond donors (Lipinski definition) is 0. The summed E-state index contributed by atoms with van der Waals surface area (Å²) in [5.74, 6) is 0. The molecule has 0 aliphatic heterocycles. The Morgan fingerprint density at radius 2 is 1.87 bits per heavy atom. The summed E-state index contributed by atoms with van der Waals surface area (Å²) >= 11 is 1.28. The maximum atomic E-state index is 12.6. The molecule has 1 aromatic heterocycles. The molecular weight excluding hydrogens is 223 g/mol. The summed E-state index contributed by atoms with van der Waals surface area (Å²) in [6, 6.07) is 5.44. The molecule has 2 aromatic rings. The number of thiazole rings is 1. The molecule has 0 saturated heterocycles. The minimum absolute atomic E-state index is 0.131. The summed E-state index contributed by atoms with van der Waals surface area (Å²) in [6.07, 6.45) is -4.33. The highest BCUT2D eigenvalue weighted by Gasteiger charge is 2.33. The molecule has 0 bridgehead atoms. The van der Waals surface area contributed by atoms with E-state index in [-0.39, 0.29) is 5.56 Å². The smallest absolute Gasteiger partial charge is 0.245 e. The van der Waals surface area contributed by atoms with Gasteiger partial charge in [-0.2, -0.15) is 13.2 Å². The van der Waals surface area contributed by atoms with Gasteiger partial charge in [0, 0.05) is 10.9 Å². The molecule has 0 spiro atoms. The molecule has 1 heterocycles. The lowest BCUT2D eigenvalue weighted by Gasteiger charge is -2.10. The molecule has 0 aliphatic rings. The lowest BCUT2D eigenvalue weighted by atomic mass is 10.1. The van der Waals surface area contributed by atoms with Gasteiger partial charge in [0.05, 0.1) is 16.8 Å². The minimum Gasteiger partial charge on any atom is -0.245 e. The SMILES string of the molecule is FC(F)(F)c1ccccc1-c1cscn1. The molecule has 0 N–H and O–H groups in total. The van der Waals surface area contributed by atoms with Crippen molar-refractivity contribution in [3.8, 4) is 11.3 Å². The summed E-state index contributed by atoms with van der Waals surface area (Å²) in [5.41, 5.74) is 1.37. The number of nitrogens with zero attached hydrogens (tertiary/aromatic N) is 1. The van der Waals surface area contributed by atoms with E-state index >= 15 is 0 Å². The molecule has 0 atom stereocenters. The molecule has 0 aliphatic carbocycles. The topological polar surface area (TPSA) is 12.9 Å². The van der Waals surface area contributed by atoms with Gasteiger partial charge in [-0.3, -0.25) is 0 Å². The Morgan fingerprint density at radius 1 is 1.13 bits per heavy atom. The van der Waals surface area contributed by atoms with Crippen molar-refractivity contribution in [2.24, 2.45) is 0 Å². The van der Waals surface area contributed by atoms with Crippen molar-refractivity contribution in [2.75, 3.05) is 0 Å². The molecule has 0 amide bonds. The number of hydrogen-bond acceptors (Lipinski definition) is 2. The van der Waals surface area contributed by atoms with Crippen molar-refractivity contribution in [1.82, 2.24) is 4.98 Å². The van der Waals surface area contributed by atoms with Crippen LogP contribution in [0, 0.1) is 0 Å². The fourth-order valence-corrected chi connectivity index (χ4v) is 1.85. The molecule has 1 aromatic carbocycles. The molecule has 0 unspecified atom stereocenters. The predicted octanol–water partition coefficient (Wildman–Crippen LogP) is 3.83. The Kier molecular flexibility index (Phi) is 2.48. The van der Waals surface area contributed by atoms with E-state index in [9.17, 15) is 13.2 Å². The molecule has 5 heteroatoms. The number of alkyl halides is 3. The maximum Gasteiger partial charge on any atom is 0.417 e. The zero-order valence-corrected chi connectivity index (χ0v) is 8.27. The van der Waals surface area contributed by atoms with Crippen LogP contribution in [0.15, 0.2) is 35.2 Å². The average Bonchev–Trinajstić information content (AvgIpc) is 2.69. The van der Waals surface area contributed by atoms with Crippen LogP contribution in [-0.2, 0) is 6.18 Å². The van der Waals surface area contributed by atoms with Crippen molar-refractivity contribution in [2.45, 2.75) is 6.18 Å². The van der Waals surface area contributed by atoms with Gasteiger partial charge in [0.25, 0.3) is 0 Å². The van der Waals surface area contributed by atoms with Gasteiger partial charge in [-0.15, -0.1) is 11.3 Å². The van der Waals surface area contributed by atoms with Crippen LogP contribution in [0.5, 0.6) is 0 Å². The van der Waals surface area contributed by atoms with Crippen LogP contribution in [0.2, 0.25) is 0 Å². The first-order valence-electron chi connectivity index (χ1n) is 4.14. The van der Waals surface area contributed by atoms with Crippen molar-refractivity contribution in [1.29, 1.82) is 0 Å². The standard InChI is InChI=1S/C10H6F3NS/c11-10(12,13)8-4-2-1-3-7(8)9-5-15-6-14-9/h1-6H. The van der Waals surface area contributed by atoms with E-state index in [4.69, 9.17) is 0 Å². The first-order chi connectivity index (χ1) is 7.09. The molecule has 1 nitrogen and oxygen atoms in total. The summed E-state index contributed by atoms with van der Waals surface area (Å²) < 4.78 is 37.8. The van der Waals surface area contributed by atoms with E-state index in [1.807, 2.05) is 0 Å². The van der Waals surface area contributed by atoms with Crippen molar-refractivity contribution in [3.05, 3.63) is 40.7 Å². The number of halogens is 3. The summed E-state index contributed by atoms with van der Waals surface area (Å²) in [6.45, 7) is 0. The Labute approximate surface area is 88.2 Å². The van der Waals surface area contributed by atoms with Crippen LogP contribution >= 0.6 is 11.3 Å². The van der Waals surface area contributed by atoms with E-state index in [1.165, 1.54) is 29.0 Å². The normalized spacial score (nSPS) is 11.7. The van der Waals surface area contributed by atoms with Crippen LogP contribution in [-0.4, -0.2) is 4.98 Å². The second kappa shape index (κ2) is 3.66. The van der Waals surface area contributed by atoms with Gasteiger partial charge in [-0.05, 0) is 6.07 Å². The first kappa shape index (κ1) is 10.2. The Morgan fingerprint density at radius 3 is 2.47 bits per heavy atom. The fraction of sp³-hybridized carbons (Fsp3) is 0.100. The van der Waals surface area contributed by atoms with Gasteiger partial charge in [0.1, 0.15) is 0 Å². The third-order valence-electron chi connectivity index (χ3n) is 1.94. The third-order valence-corrected chi connectivity index (χ3v) is 2.53. The lowest BCUT2D eigenvalue weighted by Crippen LogP contribution is -2.06. The monoisotopic (exact) mass is 229 g/mol. The van der Waals surface area contributed by atoms with Crippen LogP contribution in [0.1, 0.15) is 5.56 Å². The molecule has 0 radical (unpaired) electrons.